The van der Waals surface area contributed by atoms with Crippen LogP contribution in [0.3, 0.4) is 0 Å². The Kier molecular flexibility index (Phi) is 4.14. The van der Waals surface area contributed by atoms with Crippen LogP contribution in [0.25, 0.3) is 0 Å². The molecule has 2 aliphatic heterocycles. The number of nitrogens with one attached hydrogen (secondary N) is 1. The molecule has 2 saturated heterocycles. The minimum absolute atomic E-state index is 0.356. The zero-order chi connectivity index (χ0) is 12.5. The Balaban J connectivity index is 1.87. The predicted molar refractivity (Wildman–Crippen MR) is 74.2 cm³/mol. The molecule has 0 amide bonds. The predicted octanol–water partition coefficient (Wildman–Crippen LogP) is 2.89. The van der Waals surface area contributed by atoms with E-state index in [1.165, 1.54) is 45.3 Å². The summed E-state index contributed by atoms with van der Waals surface area (Å²) in [5.74, 6) is 1.83. The normalized spacial score (nSPS) is 35.1. The average molecular weight is 238 g/mol. The van der Waals surface area contributed by atoms with E-state index in [2.05, 4.69) is 37.9 Å². The molecular formula is C15H30N2. The Morgan fingerprint density at radius 2 is 1.94 bits per heavy atom. The van der Waals surface area contributed by atoms with Crippen LogP contribution in [0.5, 0.6) is 0 Å². The summed E-state index contributed by atoms with van der Waals surface area (Å²) in [5.41, 5.74) is 0.356. The Morgan fingerprint density at radius 1 is 1.18 bits per heavy atom. The summed E-state index contributed by atoms with van der Waals surface area (Å²) in [4.78, 5) is 2.75. The van der Waals surface area contributed by atoms with Gasteiger partial charge in [-0.25, -0.2) is 0 Å². The topological polar surface area (TPSA) is 15.3 Å². The maximum atomic E-state index is 3.66. The number of nitrogens with zero attached hydrogens (tertiary/aromatic N) is 1. The second-order valence-corrected chi connectivity index (χ2v) is 7.09. The summed E-state index contributed by atoms with van der Waals surface area (Å²) in [5, 5.41) is 3.66. The van der Waals surface area contributed by atoms with E-state index in [0.717, 1.165) is 17.9 Å². The van der Waals surface area contributed by atoms with Crippen molar-refractivity contribution in [1.82, 2.24) is 10.2 Å². The van der Waals surface area contributed by atoms with Gasteiger partial charge in [-0.2, -0.15) is 0 Å². The minimum Gasteiger partial charge on any atom is -0.310 e. The third-order valence-corrected chi connectivity index (χ3v) is 4.83. The number of hydrogen-bond acceptors (Lipinski definition) is 2. The molecule has 2 aliphatic rings. The lowest BCUT2D eigenvalue weighted by Crippen LogP contribution is -2.37. The molecule has 2 atom stereocenters. The lowest BCUT2D eigenvalue weighted by molar-refractivity contribution is 0.204. The molecule has 0 spiro atoms. The molecule has 2 heterocycles. The Hall–Kier alpha value is -0.0800. The van der Waals surface area contributed by atoms with Gasteiger partial charge in [0.2, 0.25) is 0 Å². The quantitative estimate of drug-likeness (QED) is 0.796. The van der Waals surface area contributed by atoms with Crippen molar-refractivity contribution in [2.75, 3.05) is 19.6 Å². The Morgan fingerprint density at radius 3 is 2.53 bits per heavy atom. The average Bonchev–Trinajstić information content (AvgIpc) is 2.51. The molecule has 0 saturated carbocycles. The van der Waals surface area contributed by atoms with Crippen LogP contribution >= 0.6 is 0 Å². The molecule has 100 valence electrons. The van der Waals surface area contributed by atoms with Crippen molar-refractivity contribution < 1.29 is 0 Å². The van der Waals surface area contributed by atoms with E-state index >= 15 is 0 Å². The van der Waals surface area contributed by atoms with Crippen LogP contribution in [0, 0.1) is 11.8 Å². The van der Waals surface area contributed by atoms with E-state index in [9.17, 15) is 0 Å². The second-order valence-electron chi connectivity index (χ2n) is 7.09. The summed E-state index contributed by atoms with van der Waals surface area (Å²) in [6.45, 7) is 13.3. The monoisotopic (exact) mass is 238 g/mol. The minimum atomic E-state index is 0.356. The molecule has 0 aromatic heterocycles. The van der Waals surface area contributed by atoms with Crippen LogP contribution < -0.4 is 5.32 Å². The summed E-state index contributed by atoms with van der Waals surface area (Å²) >= 11 is 0. The van der Waals surface area contributed by atoms with Crippen LogP contribution in [-0.4, -0.2) is 36.1 Å². The van der Waals surface area contributed by atoms with Gasteiger partial charge in [0, 0.05) is 18.1 Å². The lowest BCUT2D eigenvalue weighted by Gasteiger charge is -2.28. The number of hydrogen-bond donors (Lipinski definition) is 1. The SMILES string of the molecule is CC(C)C1CCCN(C2CNC(C)(C)C2)CC1. The second kappa shape index (κ2) is 5.27. The van der Waals surface area contributed by atoms with Crippen molar-refractivity contribution in [3.05, 3.63) is 0 Å². The highest BCUT2D eigenvalue weighted by molar-refractivity contribution is 4.94. The van der Waals surface area contributed by atoms with Crippen molar-refractivity contribution in [3.63, 3.8) is 0 Å². The van der Waals surface area contributed by atoms with Crippen LogP contribution in [0.2, 0.25) is 0 Å². The van der Waals surface area contributed by atoms with Crippen LogP contribution in [-0.2, 0) is 0 Å². The maximum Gasteiger partial charge on any atom is 0.0238 e. The van der Waals surface area contributed by atoms with Gasteiger partial charge in [0.15, 0.2) is 0 Å². The highest BCUT2D eigenvalue weighted by Crippen LogP contribution is 2.28. The van der Waals surface area contributed by atoms with Gasteiger partial charge in [0.05, 0.1) is 0 Å². The van der Waals surface area contributed by atoms with Crippen molar-refractivity contribution >= 4 is 0 Å². The Labute approximate surface area is 107 Å². The highest BCUT2D eigenvalue weighted by Gasteiger charge is 2.34. The fraction of sp³-hybridized carbons (Fsp3) is 1.00. The molecule has 1 N–H and O–H groups in total. The number of likely N-dealkylation sites (tertiary alicyclic amines) is 1. The van der Waals surface area contributed by atoms with Gasteiger partial charge in [-0.1, -0.05) is 13.8 Å². The first-order valence-electron chi connectivity index (χ1n) is 7.47. The first-order valence-corrected chi connectivity index (χ1v) is 7.47. The van der Waals surface area contributed by atoms with E-state index in [1.807, 2.05) is 0 Å². The summed E-state index contributed by atoms with van der Waals surface area (Å²) < 4.78 is 0. The van der Waals surface area contributed by atoms with Crippen LogP contribution in [0.15, 0.2) is 0 Å². The summed E-state index contributed by atoms with van der Waals surface area (Å²) in [6.07, 6.45) is 5.57. The molecule has 2 unspecified atom stereocenters. The molecule has 2 fully saturated rings. The zero-order valence-corrected chi connectivity index (χ0v) is 12.1. The van der Waals surface area contributed by atoms with Gasteiger partial charge in [-0.3, -0.25) is 4.90 Å². The maximum absolute atomic E-state index is 3.66. The van der Waals surface area contributed by atoms with E-state index < -0.39 is 0 Å². The molecule has 2 heteroatoms. The van der Waals surface area contributed by atoms with Gasteiger partial charge in [-0.05, 0) is 64.5 Å². The molecule has 2 rings (SSSR count). The van der Waals surface area contributed by atoms with Crippen molar-refractivity contribution in [2.24, 2.45) is 11.8 Å². The first kappa shape index (κ1) is 13.4. The fourth-order valence-electron chi connectivity index (χ4n) is 3.56. The molecule has 0 bridgehead atoms. The third-order valence-electron chi connectivity index (χ3n) is 4.83. The van der Waals surface area contributed by atoms with E-state index in [0.29, 0.717) is 5.54 Å². The van der Waals surface area contributed by atoms with Gasteiger partial charge in [0.25, 0.3) is 0 Å². The molecule has 17 heavy (non-hydrogen) atoms. The molecule has 0 radical (unpaired) electrons. The zero-order valence-electron chi connectivity index (χ0n) is 12.1. The van der Waals surface area contributed by atoms with E-state index in [4.69, 9.17) is 0 Å². The van der Waals surface area contributed by atoms with Gasteiger partial charge >= 0.3 is 0 Å². The summed E-state index contributed by atoms with van der Waals surface area (Å²) in [6, 6.07) is 0.788. The smallest absolute Gasteiger partial charge is 0.0238 e. The van der Waals surface area contributed by atoms with Gasteiger partial charge in [0.1, 0.15) is 0 Å². The van der Waals surface area contributed by atoms with Crippen molar-refractivity contribution in [2.45, 2.75) is 65.0 Å². The Bertz CT molecular complexity index is 247. The standard InChI is InChI=1S/C15H30N2/c1-12(2)13-6-5-8-17(9-7-13)14-10-15(3,4)16-11-14/h12-14,16H,5-11H2,1-4H3. The summed E-state index contributed by atoms with van der Waals surface area (Å²) in [7, 11) is 0. The highest BCUT2D eigenvalue weighted by atomic mass is 15.2. The third kappa shape index (κ3) is 3.45. The number of rotatable bonds is 2. The van der Waals surface area contributed by atoms with E-state index in [1.54, 1.807) is 0 Å². The molecule has 2 nitrogen and oxygen atoms in total. The largest absolute Gasteiger partial charge is 0.310 e. The van der Waals surface area contributed by atoms with Gasteiger partial charge in [-0.15, -0.1) is 0 Å². The molecule has 0 aromatic rings. The molecule has 0 aromatic carbocycles. The molecular weight excluding hydrogens is 208 g/mol. The van der Waals surface area contributed by atoms with E-state index in [-0.39, 0.29) is 0 Å². The fourth-order valence-corrected chi connectivity index (χ4v) is 3.56. The first-order chi connectivity index (χ1) is 7.98. The van der Waals surface area contributed by atoms with Crippen LogP contribution in [0.4, 0.5) is 0 Å². The molecule has 0 aliphatic carbocycles. The van der Waals surface area contributed by atoms with Crippen LogP contribution in [0.1, 0.15) is 53.4 Å². The van der Waals surface area contributed by atoms with Crippen molar-refractivity contribution in [3.8, 4) is 0 Å². The van der Waals surface area contributed by atoms with Gasteiger partial charge < -0.3 is 5.32 Å². The van der Waals surface area contributed by atoms with Crippen molar-refractivity contribution in [1.29, 1.82) is 0 Å². The lowest BCUT2D eigenvalue weighted by atomic mass is 9.89.